The van der Waals surface area contributed by atoms with E-state index in [1.165, 1.54) is 11.1 Å². The number of nitrogens with one attached hydrogen (secondary N) is 2. The van der Waals surface area contributed by atoms with Crippen LogP contribution in [0.4, 0.5) is 5.95 Å². The van der Waals surface area contributed by atoms with Crippen LogP contribution in [0.2, 0.25) is 0 Å². The van der Waals surface area contributed by atoms with E-state index in [2.05, 4.69) is 34.7 Å². The minimum absolute atomic E-state index is 0.103. The lowest BCUT2D eigenvalue weighted by atomic mass is 10.1. The van der Waals surface area contributed by atoms with Gasteiger partial charge >= 0.3 is 0 Å². The van der Waals surface area contributed by atoms with E-state index in [-0.39, 0.29) is 12.5 Å². The maximum absolute atomic E-state index is 11.9. The lowest BCUT2D eigenvalue weighted by Crippen LogP contribution is -2.26. The molecule has 3 aromatic rings. The normalized spacial score (nSPS) is 10.9. The molecular weight excluding hydrogens is 288 g/mol. The first-order chi connectivity index (χ1) is 11.2. The van der Waals surface area contributed by atoms with Crippen molar-refractivity contribution in [3.8, 4) is 0 Å². The minimum atomic E-state index is -0.103. The van der Waals surface area contributed by atoms with Gasteiger partial charge < -0.3 is 9.88 Å². The highest BCUT2D eigenvalue weighted by molar-refractivity contribution is 5.92. The van der Waals surface area contributed by atoms with Gasteiger partial charge in [0.05, 0.1) is 24.1 Å². The molecule has 5 heteroatoms. The molecule has 0 saturated heterocycles. The largest absolute Gasteiger partial charge is 0.311 e. The van der Waals surface area contributed by atoms with Crippen molar-refractivity contribution in [3.05, 3.63) is 59.7 Å². The van der Waals surface area contributed by atoms with Crippen LogP contribution in [0.1, 0.15) is 11.1 Å². The molecule has 0 radical (unpaired) electrons. The number of carbonyl (C=O) groups is 1. The molecule has 2 aromatic carbocycles. The van der Waals surface area contributed by atoms with Crippen molar-refractivity contribution in [2.24, 2.45) is 0 Å². The predicted octanol–water partition coefficient (Wildman–Crippen LogP) is 2.55. The van der Waals surface area contributed by atoms with Crippen LogP contribution >= 0.6 is 0 Å². The number of fused-ring (bicyclic) bond motifs is 1. The third-order valence-electron chi connectivity index (χ3n) is 3.83. The van der Waals surface area contributed by atoms with Gasteiger partial charge in [-0.05, 0) is 37.2 Å². The molecule has 0 spiro atoms. The van der Waals surface area contributed by atoms with E-state index in [4.69, 9.17) is 0 Å². The van der Waals surface area contributed by atoms with Crippen LogP contribution in [0.3, 0.4) is 0 Å². The molecule has 0 aliphatic carbocycles. The summed E-state index contributed by atoms with van der Waals surface area (Å²) in [6.45, 7) is 3.02. The Balaban J connectivity index is 2.02. The first-order valence-electron chi connectivity index (χ1n) is 7.63. The second-order valence-corrected chi connectivity index (χ2v) is 5.52. The maximum Gasteiger partial charge on any atom is 0.240 e. The van der Waals surface area contributed by atoms with Crippen molar-refractivity contribution in [1.82, 2.24) is 14.9 Å². The third-order valence-corrected chi connectivity index (χ3v) is 3.83. The van der Waals surface area contributed by atoms with E-state index in [9.17, 15) is 4.79 Å². The molecule has 0 atom stereocenters. The van der Waals surface area contributed by atoms with Crippen LogP contribution in [-0.4, -0.2) is 29.1 Å². The van der Waals surface area contributed by atoms with E-state index in [1.807, 2.05) is 41.0 Å². The highest BCUT2D eigenvalue weighted by atomic mass is 16.2. The Kier molecular flexibility index (Phi) is 4.39. The number of benzene rings is 2. The second-order valence-electron chi connectivity index (χ2n) is 5.52. The molecule has 118 valence electrons. The molecule has 1 heterocycles. The first-order valence-corrected chi connectivity index (χ1v) is 7.63. The minimum Gasteiger partial charge on any atom is -0.311 e. The zero-order valence-electron chi connectivity index (χ0n) is 13.3. The smallest absolute Gasteiger partial charge is 0.240 e. The Bertz CT molecular complexity index is 838. The Morgan fingerprint density at radius 1 is 1.13 bits per heavy atom. The molecule has 2 N–H and O–H groups in total. The van der Waals surface area contributed by atoms with Gasteiger partial charge in [-0.15, -0.1) is 0 Å². The molecule has 23 heavy (non-hydrogen) atoms. The number of imidazole rings is 1. The van der Waals surface area contributed by atoms with E-state index in [0.717, 1.165) is 11.0 Å². The van der Waals surface area contributed by atoms with E-state index in [1.54, 1.807) is 7.05 Å². The molecule has 0 bridgehead atoms. The summed E-state index contributed by atoms with van der Waals surface area (Å²) in [5, 5.41) is 5.74. The molecule has 1 amide bonds. The Morgan fingerprint density at radius 3 is 2.65 bits per heavy atom. The fourth-order valence-corrected chi connectivity index (χ4v) is 2.62. The van der Waals surface area contributed by atoms with Gasteiger partial charge in [0.15, 0.2) is 0 Å². The Hall–Kier alpha value is -2.66. The van der Waals surface area contributed by atoms with Crippen LogP contribution in [0, 0.1) is 6.92 Å². The summed E-state index contributed by atoms with van der Waals surface area (Å²) in [6, 6.07) is 16.2. The van der Waals surface area contributed by atoms with Gasteiger partial charge in [0.25, 0.3) is 0 Å². The molecular formula is C18H20N4O. The van der Waals surface area contributed by atoms with E-state index >= 15 is 0 Å². The Morgan fingerprint density at radius 2 is 1.87 bits per heavy atom. The summed E-state index contributed by atoms with van der Waals surface area (Å²) >= 11 is 0. The zero-order chi connectivity index (χ0) is 16.2. The maximum atomic E-state index is 11.9. The number of hydrogen-bond acceptors (Lipinski definition) is 3. The standard InChI is InChI=1S/C18H20N4O/c1-13-7-3-4-8-14(13)12-22-16-10-6-5-9-15(16)20-18(22)21-17(23)11-19-2/h3-10,19H,11-12H2,1-2H3,(H,20,21,23). The topological polar surface area (TPSA) is 59.0 Å². The number of likely N-dealkylation sites (N-methyl/N-ethyl adjacent to an activating group) is 1. The monoisotopic (exact) mass is 308 g/mol. The van der Waals surface area contributed by atoms with Gasteiger partial charge in [-0.2, -0.15) is 0 Å². The lowest BCUT2D eigenvalue weighted by Gasteiger charge is -2.12. The van der Waals surface area contributed by atoms with Crippen molar-refractivity contribution in [3.63, 3.8) is 0 Å². The summed E-state index contributed by atoms with van der Waals surface area (Å²) in [5.74, 6) is 0.476. The fraction of sp³-hybridized carbons (Fsp3) is 0.222. The fourth-order valence-electron chi connectivity index (χ4n) is 2.62. The van der Waals surface area contributed by atoms with E-state index in [0.29, 0.717) is 12.5 Å². The number of anilines is 1. The van der Waals surface area contributed by atoms with Crippen LogP contribution in [0.15, 0.2) is 48.5 Å². The molecule has 0 unspecified atom stereocenters. The zero-order valence-corrected chi connectivity index (χ0v) is 13.3. The SMILES string of the molecule is CNCC(=O)Nc1nc2ccccc2n1Cc1ccccc1C. The van der Waals surface area contributed by atoms with Crippen molar-refractivity contribution >= 4 is 22.9 Å². The molecule has 1 aromatic heterocycles. The molecule has 0 aliphatic heterocycles. The Labute approximate surface area is 135 Å². The second kappa shape index (κ2) is 6.62. The van der Waals surface area contributed by atoms with Crippen molar-refractivity contribution in [1.29, 1.82) is 0 Å². The molecule has 0 saturated carbocycles. The van der Waals surface area contributed by atoms with Gasteiger partial charge in [-0.1, -0.05) is 36.4 Å². The highest BCUT2D eigenvalue weighted by Crippen LogP contribution is 2.22. The number of amides is 1. The van der Waals surface area contributed by atoms with Crippen LogP contribution in [0.5, 0.6) is 0 Å². The lowest BCUT2D eigenvalue weighted by molar-refractivity contribution is -0.115. The first kappa shape index (κ1) is 15.2. The van der Waals surface area contributed by atoms with E-state index < -0.39 is 0 Å². The number of hydrogen-bond donors (Lipinski definition) is 2. The van der Waals surface area contributed by atoms with Gasteiger partial charge in [0.1, 0.15) is 0 Å². The van der Waals surface area contributed by atoms with Gasteiger partial charge in [-0.3, -0.25) is 10.1 Å². The molecule has 5 nitrogen and oxygen atoms in total. The van der Waals surface area contributed by atoms with Gasteiger partial charge in [0, 0.05) is 0 Å². The van der Waals surface area contributed by atoms with Gasteiger partial charge in [-0.25, -0.2) is 4.98 Å². The third kappa shape index (κ3) is 3.24. The van der Waals surface area contributed by atoms with Crippen LogP contribution in [0.25, 0.3) is 11.0 Å². The van der Waals surface area contributed by atoms with Crippen molar-refractivity contribution in [2.75, 3.05) is 18.9 Å². The van der Waals surface area contributed by atoms with Gasteiger partial charge in [0.2, 0.25) is 11.9 Å². The number of aryl methyl sites for hydroxylation is 1. The number of para-hydroxylation sites is 2. The number of carbonyl (C=O) groups excluding carboxylic acids is 1. The summed E-state index contributed by atoms with van der Waals surface area (Å²) < 4.78 is 2.05. The number of rotatable bonds is 5. The summed E-state index contributed by atoms with van der Waals surface area (Å²) in [5.41, 5.74) is 4.31. The average molecular weight is 308 g/mol. The van der Waals surface area contributed by atoms with Crippen molar-refractivity contribution < 1.29 is 4.79 Å². The molecule has 0 aliphatic rings. The summed E-state index contributed by atoms with van der Waals surface area (Å²) in [7, 11) is 1.75. The molecule has 0 fully saturated rings. The highest BCUT2D eigenvalue weighted by Gasteiger charge is 2.13. The van der Waals surface area contributed by atoms with Crippen LogP contribution in [-0.2, 0) is 11.3 Å². The number of nitrogens with zero attached hydrogens (tertiary/aromatic N) is 2. The van der Waals surface area contributed by atoms with Crippen molar-refractivity contribution in [2.45, 2.75) is 13.5 Å². The summed E-state index contributed by atoms with van der Waals surface area (Å²) in [4.78, 5) is 16.5. The quantitative estimate of drug-likeness (QED) is 0.761. The van der Waals surface area contributed by atoms with Crippen LogP contribution < -0.4 is 10.6 Å². The predicted molar refractivity (Wildman–Crippen MR) is 92.6 cm³/mol. The average Bonchev–Trinajstić information content (AvgIpc) is 2.87. The molecule has 3 rings (SSSR count). The number of aromatic nitrogens is 2. The summed E-state index contributed by atoms with van der Waals surface area (Å²) in [6.07, 6.45) is 0.